The molecule has 0 saturated heterocycles. The standard InChI is InChI=1S/C14H19NO4/c1-3-19-12-7-5-11(6-8-12)14(18)15-10(2)4-9-13(16)17/h5-8,10H,3-4,9H2,1-2H3,(H,15,18)(H,16,17). The van der Waals surface area contributed by atoms with E-state index >= 15 is 0 Å². The number of carboxylic acid groups (broad SMARTS) is 1. The normalized spacial score (nSPS) is 11.7. The molecule has 104 valence electrons. The Morgan fingerprint density at radius 1 is 1.32 bits per heavy atom. The van der Waals surface area contributed by atoms with Crippen molar-refractivity contribution in [1.82, 2.24) is 5.32 Å². The zero-order valence-corrected chi connectivity index (χ0v) is 11.2. The first-order valence-corrected chi connectivity index (χ1v) is 6.28. The molecule has 1 rings (SSSR count). The van der Waals surface area contributed by atoms with E-state index in [2.05, 4.69) is 5.32 Å². The summed E-state index contributed by atoms with van der Waals surface area (Å²) >= 11 is 0. The van der Waals surface area contributed by atoms with Crippen LogP contribution in [0.1, 0.15) is 37.0 Å². The summed E-state index contributed by atoms with van der Waals surface area (Å²) in [7, 11) is 0. The zero-order chi connectivity index (χ0) is 14.3. The quantitative estimate of drug-likeness (QED) is 0.791. The van der Waals surface area contributed by atoms with Crippen molar-refractivity contribution in [1.29, 1.82) is 0 Å². The van der Waals surface area contributed by atoms with Crippen LogP contribution in [0.4, 0.5) is 0 Å². The summed E-state index contributed by atoms with van der Waals surface area (Å²) in [6, 6.07) is 6.67. The van der Waals surface area contributed by atoms with Crippen LogP contribution in [0.25, 0.3) is 0 Å². The van der Waals surface area contributed by atoms with Crippen LogP contribution < -0.4 is 10.1 Å². The largest absolute Gasteiger partial charge is 0.494 e. The molecule has 0 aliphatic carbocycles. The summed E-state index contributed by atoms with van der Waals surface area (Å²) in [5.74, 6) is -0.346. The third kappa shape index (κ3) is 5.42. The summed E-state index contributed by atoms with van der Waals surface area (Å²) in [5.41, 5.74) is 0.533. The average Bonchev–Trinajstić information content (AvgIpc) is 2.37. The lowest BCUT2D eigenvalue weighted by Gasteiger charge is -2.13. The lowest BCUT2D eigenvalue weighted by atomic mass is 10.1. The summed E-state index contributed by atoms with van der Waals surface area (Å²) in [5, 5.41) is 11.3. The molecule has 1 atom stereocenters. The van der Waals surface area contributed by atoms with E-state index in [1.165, 1.54) is 0 Å². The van der Waals surface area contributed by atoms with Crippen LogP contribution >= 0.6 is 0 Å². The number of amides is 1. The molecule has 0 aliphatic rings. The minimum absolute atomic E-state index is 0.0464. The molecule has 19 heavy (non-hydrogen) atoms. The van der Waals surface area contributed by atoms with Gasteiger partial charge in [0, 0.05) is 18.0 Å². The Morgan fingerprint density at radius 2 is 1.95 bits per heavy atom. The smallest absolute Gasteiger partial charge is 0.303 e. The lowest BCUT2D eigenvalue weighted by Crippen LogP contribution is -2.32. The number of carbonyl (C=O) groups excluding carboxylic acids is 1. The van der Waals surface area contributed by atoms with Crippen LogP contribution in [0.5, 0.6) is 5.75 Å². The highest BCUT2D eigenvalue weighted by Crippen LogP contribution is 2.12. The van der Waals surface area contributed by atoms with Crippen LogP contribution in [0.3, 0.4) is 0 Å². The summed E-state index contributed by atoms with van der Waals surface area (Å²) in [6.07, 6.45) is 0.461. The third-order valence-corrected chi connectivity index (χ3v) is 2.60. The molecular weight excluding hydrogens is 246 g/mol. The molecule has 2 N–H and O–H groups in total. The molecular formula is C14H19NO4. The Morgan fingerprint density at radius 3 is 2.47 bits per heavy atom. The van der Waals surface area contributed by atoms with Gasteiger partial charge in [-0.3, -0.25) is 9.59 Å². The van der Waals surface area contributed by atoms with E-state index in [-0.39, 0.29) is 18.4 Å². The fourth-order valence-corrected chi connectivity index (χ4v) is 1.59. The fraction of sp³-hybridized carbons (Fsp3) is 0.429. The summed E-state index contributed by atoms with van der Waals surface area (Å²) in [6.45, 7) is 4.26. The maximum atomic E-state index is 11.9. The molecule has 0 radical (unpaired) electrons. The maximum Gasteiger partial charge on any atom is 0.303 e. The number of hydrogen-bond acceptors (Lipinski definition) is 3. The molecule has 0 aliphatic heterocycles. The molecule has 5 heteroatoms. The second-order valence-corrected chi connectivity index (χ2v) is 4.26. The van der Waals surface area contributed by atoms with Crippen molar-refractivity contribution in [2.24, 2.45) is 0 Å². The molecule has 1 amide bonds. The molecule has 0 heterocycles. The van der Waals surface area contributed by atoms with E-state index in [0.717, 1.165) is 5.75 Å². The van der Waals surface area contributed by atoms with Crippen LogP contribution in [0.2, 0.25) is 0 Å². The van der Waals surface area contributed by atoms with Gasteiger partial charge in [0.25, 0.3) is 5.91 Å². The molecule has 5 nitrogen and oxygen atoms in total. The molecule has 0 spiro atoms. The van der Waals surface area contributed by atoms with E-state index < -0.39 is 5.97 Å². The SMILES string of the molecule is CCOc1ccc(C(=O)NC(C)CCC(=O)O)cc1. The Hall–Kier alpha value is -2.04. The van der Waals surface area contributed by atoms with Gasteiger partial charge in [0.15, 0.2) is 0 Å². The van der Waals surface area contributed by atoms with Crippen LogP contribution in [0.15, 0.2) is 24.3 Å². The van der Waals surface area contributed by atoms with Gasteiger partial charge in [-0.1, -0.05) is 0 Å². The van der Waals surface area contributed by atoms with Crippen molar-refractivity contribution >= 4 is 11.9 Å². The van der Waals surface area contributed by atoms with Crippen LogP contribution in [-0.2, 0) is 4.79 Å². The maximum absolute atomic E-state index is 11.9. The van der Waals surface area contributed by atoms with Crippen molar-refractivity contribution in [3.8, 4) is 5.75 Å². The first-order chi connectivity index (χ1) is 9.02. The highest BCUT2D eigenvalue weighted by Gasteiger charge is 2.11. The molecule has 1 aromatic rings. The highest BCUT2D eigenvalue weighted by molar-refractivity contribution is 5.94. The van der Waals surface area contributed by atoms with E-state index in [4.69, 9.17) is 9.84 Å². The lowest BCUT2D eigenvalue weighted by molar-refractivity contribution is -0.137. The van der Waals surface area contributed by atoms with E-state index in [1.807, 2.05) is 6.92 Å². The van der Waals surface area contributed by atoms with Crippen molar-refractivity contribution in [3.63, 3.8) is 0 Å². The number of ether oxygens (including phenoxy) is 1. The second-order valence-electron chi connectivity index (χ2n) is 4.26. The number of nitrogens with one attached hydrogen (secondary N) is 1. The zero-order valence-electron chi connectivity index (χ0n) is 11.2. The number of aliphatic carboxylic acids is 1. The second kappa shape index (κ2) is 7.41. The molecule has 1 aromatic carbocycles. The van der Waals surface area contributed by atoms with Gasteiger partial charge in [0.05, 0.1) is 6.61 Å². The number of benzene rings is 1. The summed E-state index contributed by atoms with van der Waals surface area (Å²) < 4.78 is 5.29. The third-order valence-electron chi connectivity index (χ3n) is 2.60. The number of carbonyl (C=O) groups is 2. The Balaban J connectivity index is 2.50. The summed E-state index contributed by atoms with van der Waals surface area (Å²) in [4.78, 5) is 22.3. The number of hydrogen-bond donors (Lipinski definition) is 2. The van der Waals surface area contributed by atoms with E-state index in [0.29, 0.717) is 18.6 Å². The number of rotatable bonds is 7. The van der Waals surface area contributed by atoms with Crippen molar-refractivity contribution in [2.75, 3.05) is 6.61 Å². The van der Waals surface area contributed by atoms with Gasteiger partial charge in [0.2, 0.25) is 0 Å². The minimum atomic E-state index is -0.859. The average molecular weight is 265 g/mol. The van der Waals surface area contributed by atoms with Gasteiger partial charge in [-0.25, -0.2) is 0 Å². The van der Waals surface area contributed by atoms with Crippen molar-refractivity contribution in [2.45, 2.75) is 32.7 Å². The van der Waals surface area contributed by atoms with Gasteiger partial charge in [-0.05, 0) is 44.5 Å². The molecule has 0 saturated carbocycles. The first kappa shape index (κ1) is 15.0. The van der Waals surface area contributed by atoms with Gasteiger partial charge < -0.3 is 15.2 Å². The molecule has 0 fully saturated rings. The first-order valence-electron chi connectivity index (χ1n) is 6.28. The van der Waals surface area contributed by atoms with E-state index in [9.17, 15) is 9.59 Å². The minimum Gasteiger partial charge on any atom is -0.494 e. The van der Waals surface area contributed by atoms with Crippen LogP contribution in [0, 0.1) is 0 Å². The topological polar surface area (TPSA) is 75.6 Å². The van der Waals surface area contributed by atoms with Gasteiger partial charge in [-0.15, -0.1) is 0 Å². The number of carboxylic acids is 1. The predicted octanol–water partition coefficient (Wildman–Crippen LogP) is 2.07. The van der Waals surface area contributed by atoms with Crippen molar-refractivity contribution < 1.29 is 19.4 Å². The predicted molar refractivity (Wildman–Crippen MR) is 71.4 cm³/mol. The van der Waals surface area contributed by atoms with E-state index in [1.54, 1.807) is 31.2 Å². The fourth-order valence-electron chi connectivity index (χ4n) is 1.59. The van der Waals surface area contributed by atoms with Gasteiger partial charge in [-0.2, -0.15) is 0 Å². The Kier molecular flexibility index (Phi) is 5.85. The monoisotopic (exact) mass is 265 g/mol. The Labute approximate surface area is 112 Å². The molecule has 0 bridgehead atoms. The molecule has 0 aromatic heterocycles. The van der Waals surface area contributed by atoms with Crippen molar-refractivity contribution in [3.05, 3.63) is 29.8 Å². The Bertz CT molecular complexity index is 428. The highest BCUT2D eigenvalue weighted by atomic mass is 16.5. The van der Waals surface area contributed by atoms with Crippen LogP contribution in [-0.4, -0.2) is 29.6 Å². The van der Waals surface area contributed by atoms with Gasteiger partial charge in [0.1, 0.15) is 5.75 Å². The van der Waals surface area contributed by atoms with Gasteiger partial charge >= 0.3 is 5.97 Å². The molecule has 1 unspecified atom stereocenters.